The minimum atomic E-state index is 0.554. The number of aryl methyl sites for hydroxylation is 3. The Balaban J connectivity index is 1.60. The molecule has 0 aliphatic heterocycles. The molecule has 172 valence electrons. The highest BCUT2D eigenvalue weighted by Crippen LogP contribution is 2.13. The van der Waals surface area contributed by atoms with E-state index in [0.29, 0.717) is 13.1 Å². The summed E-state index contributed by atoms with van der Waals surface area (Å²) in [4.78, 5) is 7.09. The number of anilines is 1. The van der Waals surface area contributed by atoms with E-state index in [1.54, 1.807) is 0 Å². The predicted octanol–water partition coefficient (Wildman–Crippen LogP) is 2.24. The molecule has 0 saturated carbocycles. The number of aliphatic imine (C=N–C) groups is 1. The number of guanidine groups is 1. The number of aromatic nitrogens is 5. The lowest BCUT2D eigenvalue weighted by Crippen LogP contribution is -2.39. The van der Waals surface area contributed by atoms with Crippen molar-refractivity contribution in [2.24, 2.45) is 19.1 Å². The molecule has 0 bridgehead atoms. The summed E-state index contributed by atoms with van der Waals surface area (Å²) in [5.74, 6) is 2.52. The van der Waals surface area contributed by atoms with Crippen LogP contribution in [0.4, 0.5) is 5.69 Å². The number of para-hydroxylation sites is 1. The van der Waals surface area contributed by atoms with Crippen molar-refractivity contribution >= 4 is 11.6 Å². The third-order valence-corrected chi connectivity index (χ3v) is 5.81. The van der Waals surface area contributed by atoms with Crippen molar-refractivity contribution in [3.05, 3.63) is 58.9 Å². The van der Waals surface area contributed by atoms with E-state index in [0.717, 1.165) is 54.1 Å². The summed E-state index contributed by atoms with van der Waals surface area (Å²) in [6, 6.07) is 10.4. The summed E-state index contributed by atoms with van der Waals surface area (Å²) in [6.45, 7) is 8.94. The summed E-state index contributed by atoms with van der Waals surface area (Å²) in [6.07, 6.45) is 0.986. The molecule has 32 heavy (non-hydrogen) atoms. The largest absolute Gasteiger partial charge is 0.375 e. The maximum Gasteiger partial charge on any atom is 0.191 e. The van der Waals surface area contributed by atoms with Crippen LogP contribution in [-0.4, -0.2) is 50.6 Å². The number of nitrogens with zero attached hydrogens (tertiary/aromatic N) is 7. The van der Waals surface area contributed by atoms with Crippen molar-refractivity contribution in [1.82, 2.24) is 35.2 Å². The second kappa shape index (κ2) is 10.8. The molecule has 3 aromatic rings. The number of hydrogen-bond donors (Lipinski definition) is 2. The molecular weight excluding hydrogens is 402 g/mol. The monoisotopic (exact) mass is 437 g/mol. The van der Waals surface area contributed by atoms with Gasteiger partial charge in [-0.15, -0.1) is 10.2 Å². The lowest BCUT2D eigenvalue weighted by Gasteiger charge is -2.19. The average Bonchev–Trinajstić information content (AvgIpc) is 3.24. The Bertz CT molecular complexity index is 1030. The van der Waals surface area contributed by atoms with E-state index >= 15 is 0 Å². The van der Waals surface area contributed by atoms with Gasteiger partial charge in [-0.1, -0.05) is 18.2 Å². The Hall–Kier alpha value is -3.36. The highest BCUT2D eigenvalue weighted by atomic mass is 15.3. The van der Waals surface area contributed by atoms with Gasteiger partial charge < -0.3 is 20.1 Å². The Kier molecular flexibility index (Phi) is 7.86. The molecule has 2 heterocycles. The third kappa shape index (κ3) is 5.87. The van der Waals surface area contributed by atoms with Crippen molar-refractivity contribution < 1.29 is 0 Å². The summed E-state index contributed by atoms with van der Waals surface area (Å²) in [5.41, 5.74) is 4.53. The van der Waals surface area contributed by atoms with Crippen LogP contribution < -0.4 is 15.5 Å². The van der Waals surface area contributed by atoms with Gasteiger partial charge in [0.15, 0.2) is 11.8 Å². The highest BCUT2D eigenvalue weighted by molar-refractivity contribution is 5.79. The standard InChI is InChI=1S/C23H35N9/c1-17-21(18(2)32(6)29-17)15-25-23(26-16-22-28-27-19(3)31(22)5)24-13-10-14-30(4)20-11-8-7-9-12-20/h7-9,11-12H,10,13-16H2,1-6H3,(H2,24,25,26). The summed E-state index contributed by atoms with van der Waals surface area (Å²) >= 11 is 0. The van der Waals surface area contributed by atoms with Crippen molar-refractivity contribution in [3.63, 3.8) is 0 Å². The molecule has 9 heteroatoms. The molecule has 2 aromatic heterocycles. The second-order valence-corrected chi connectivity index (χ2v) is 8.05. The van der Waals surface area contributed by atoms with Crippen molar-refractivity contribution in [3.8, 4) is 0 Å². The van der Waals surface area contributed by atoms with Gasteiger partial charge in [0.25, 0.3) is 0 Å². The van der Waals surface area contributed by atoms with Crippen LogP contribution in [0, 0.1) is 20.8 Å². The Labute approximate surface area is 190 Å². The van der Waals surface area contributed by atoms with E-state index in [4.69, 9.17) is 4.99 Å². The predicted molar refractivity (Wildman–Crippen MR) is 129 cm³/mol. The second-order valence-electron chi connectivity index (χ2n) is 8.05. The maximum absolute atomic E-state index is 4.83. The van der Waals surface area contributed by atoms with Crippen molar-refractivity contribution in [2.75, 3.05) is 25.0 Å². The molecule has 9 nitrogen and oxygen atoms in total. The molecule has 0 atom stereocenters. The van der Waals surface area contributed by atoms with Gasteiger partial charge >= 0.3 is 0 Å². The fourth-order valence-electron chi connectivity index (χ4n) is 3.48. The number of benzene rings is 1. The van der Waals surface area contributed by atoms with E-state index in [1.165, 1.54) is 5.69 Å². The summed E-state index contributed by atoms with van der Waals surface area (Å²) < 4.78 is 3.89. The van der Waals surface area contributed by atoms with E-state index < -0.39 is 0 Å². The Morgan fingerprint density at radius 2 is 1.81 bits per heavy atom. The van der Waals surface area contributed by atoms with Gasteiger partial charge in [-0.2, -0.15) is 5.10 Å². The summed E-state index contributed by atoms with van der Waals surface area (Å²) in [5, 5.41) is 19.7. The van der Waals surface area contributed by atoms with Crippen LogP contribution in [0.1, 0.15) is 35.0 Å². The van der Waals surface area contributed by atoms with Crippen LogP contribution in [0.3, 0.4) is 0 Å². The zero-order valence-electron chi connectivity index (χ0n) is 20.1. The first-order valence-corrected chi connectivity index (χ1v) is 11.0. The molecule has 1 aromatic carbocycles. The molecule has 3 rings (SSSR count). The quantitative estimate of drug-likeness (QED) is 0.303. The van der Waals surface area contributed by atoms with Crippen LogP contribution in [0.25, 0.3) is 0 Å². The van der Waals surface area contributed by atoms with E-state index in [1.807, 2.05) is 43.3 Å². The first kappa shape index (κ1) is 23.3. The molecule has 0 unspecified atom stereocenters. The number of nitrogens with one attached hydrogen (secondary N) is 2. The van der Waals surface area contributed by atoms with Gasteiger partial charge in [0.2, 0.25) is 0 Å². The number of hydrogen-bond acceptors (Lipinski definition) is 5. The average molecular weight is 438 g/mol. The Morgan fingerprint density at radius 3 is 2.44 bits per heavy atom. The molecule has 0 spiro atoms. The molecule has 0 fully saturated rings. The van der Waals surface area contributed by atoms with Gasteiger partial charge in [0.05, 0.1) is 18.8 Å². The van der Waals surface area contributed by atoms with Crippen molar-refractivity contribution in [2.45, 2.75) is 40.3 Å². The number of rotatable bonds is 9. The van der Waals surface area contributed by atoms with Crippen LogP contribution in [0.5, 0.6) is 0 Å². The molecule has 2 N–H and O–H groups in total. The van der Waals surface area contributed by atoms with Gasteiger partial charge in [-0.05, 0) is 39.3 Å². The molecule has 0 aliphatic rings. The minimum Gasteiger partial charge on any atom is -0.375 e. The third-order valence-electron chi connectivity index (χ3n) is 5.81. The normalized spacial score (nSPS) is 11.6. The van der Waals surface area contributed by atoms with Gasteiger partial charge in [-0.3, -0.25) is 4.68 Å². The fraction of sp³-hybridized carbons (Fsp3) is 0.478. The van der Waals surface area contributed by atoms with Crippen molar-refractivity contribution in [1.29, 1.82) is 0 Å². The topological polar surface area (TPSA) is 88.2 Å². The van der Waals surface area contributed by atoms with Gasteiger partial charge in [0, 0.05) is 51.2 Å². The molecule has 0 radical (unpaired) electrons. The van der Waals surface area contributed by atoms with Crippen LogP contribution in [0.2, 0.25) is 0 Å². The molecule has 0 aliphatic carbocycles. The smallest absolute Gasteiger partial charge is 0.191 e. The lowest BCUT2D eigenvalue weighted by atomic mass is 10.2. The lowest BCUT2D eigenvalue weighted by molar-refractivity contribution is 0.696. The van der Waals surface area contributed by atoms with Gasteiger partial charge in [0.1, 0.15) is 5.82 Å². The zero-order valence-corrected chi connectivity index (χ0v) is 20.1. The van der Waals surface area contributed by atoms with E-state index in [9.17, 15) is 0 Å². The zero-order chi connectivity index (χ0) is 23.1. The molecule has 0 amide bonds. The highest BCUT2D eigenvalue weighted by Gasteiger charge is 2.10. The van der Waals surface area contributed by atoms with Crippen LogP contribution in [0.15, 0.2) is 35.3 Å². The first-order valence-electron chi connectivity index (χ1n) is 11.0. The fourth-order valence-corrected chi connectivity index (χ4v) is 3.48. The van der Waals surface area contributed by atoms with Gasteiger partial charge in [-0.25, -0.2) is 4.99 Å². The summed E-state index contributed by atoms with van der Waals surface area (Å²) in [7, 11) is 6.05. The molecule has 0 saturated heterocycles. The van der Waals surface area contributed by atoms with E-state index in [2.05, 4.69) is 69.1 Å². The minimum absolute atomic E-state index is 0.554. The van der Waals surface area contributed by atoms with E-state index in [-0.39, 0.29) is 0 Å². The maximum atomic E-state index is 4.83. The van der Waals surface area contributed by atoms with Crippen LogP contribution >= 0.6 is 0 Å². The Morgan fingerprint density at radius 1 is 1.06 bits per heavy atom. The first-order chi connectivity index (χ1) is 15.4. The molecular formula is C23H35N9. The van der Waals surface area contributed by atoms with Crippen LogP contribution in [-0.2, 0) is 27.2 Å². The SMILES string of the molecule is Cc1nn(C)c(C)c1CN=C(NCCCN(C)c1ccccc1)NCc1nnc(C)n1C.